The number of rotatable bonds is 4. The van der Waals surface area contributed by atoms with Crippen molar-refractivity contribution in [2.24, 2.45) is 15.6 Å². The molecule has 0 amide bonds. The van der Waals surface area contributed by atoms with Gasteiger partial charge in [-0.1, -0.05) is 72.8 Å². The summed E-state index contributed by atoms with van der Waals surface area (Å²) in [5.41, 5.74) is 3.40. The predicted molar refractivity (Wildman–Crippen MR) is 122 cm³/mol. The normalized spacial score (nSPS) is 30.4. The van der Waals surface area contributed by atoms with Crippen molar-refractivity contribution < 1.29 is 0 Å². The van der Waals surface area contributed by atoms with Gasteiger partial charge in [0.05, 0.1) is 37.3 Å². The number of hydrogen-bond acceptors (Lipinski definition) is 5. The second-order valence-corrected chi connectivity index (χ2v) is 8.82. The molecule has 3 aromatic carbocycles. The van der Waals surface area contributed by atoms with E-state index in [1.54, 1.807) is 0 Å². The molecular formula is C25H25N5. The van der Waals surface area contributed by atoms with Gasteiger partial charge in [0.25, 0.3) is 0 Å². The summed E-state index contributed by atoms with van der Waals surface area (Å²) >= 11 is 0. The van der Waals surface area contributed by atoms with Gasteiger partial charge in [0.1, 0.15) is 0 Å². The average Bonchev–Trinajstić information content (AvgIpc) is 2.76. The zero-order chi connectivity index (χ0) is 20.0. The van der Waals surface area contributed by atoms with Crippen molar-refractivity contribution in [3.63, 3.8) is 0 Å². The van der Waals surface area contributed by atoms with E-state index in [1.807, 2.05) is 6.21 Å². The van der Waals surface area contributed by atoms with Crippen LogP contribution in [0, 0.1) is 5.41 Å². The molecule has 4 heterocycles. The molecule has 0 unspecified atom stereocenters. The molecule has 0 aliphatic carbocycles. The van der Waals surface area contributed by atoms with Crippen LogP contribution in [-0.4, -0.2) is 66.3 Å². The van der Waals surface area contributed by atoms with Gasteiger partial charge in [0, 0.05) is 25.2 Å². The molecule has 4 fully saturated rings. The molecule has 0 saturated carbocycles. The maximum Gasteiger partial charge on any atom is 0.0802 e. The lowest BCUT2D eigenvalue weighted by molar-refractivity contribution is -0.149. The predicted octanol–water partition coefficient (Wildman–Crippen LogP) is 3.47. The van der Waals surface area contributed by atoms with E-state index in [1.165, 1.54) is 16.3 Å². The molecule has 4 saturated heterocycles. The second kappa shape index (κ2) is 7.13. The summed E-state index contributed by atoms with van der Waals surface area (Å²) < 4.78 is 0. The summed E-state index contributed by atoms with van der Waals surface area (Å²) in [6.45, 7) is 6.37. The Balaban J connectivity index is 1.41. The quantitative estimate of drug-likeness (QED) is 0.501. The largest absolute Gasteiger partial charge is 0.276 e. The Kier molecular flexibility index (Phi) is 4.27. The van der Waals surface area contributed by atoms with Crippen LogP contribution in [0.25, 0.3) is 10.8 Å². The highest BCUT2D eigenvalue weighted by Gasteiger charge is 2.51. The molecule has 0 radical (unpaired) electrons. The van der Waals surface area contributed by atoms with Gasteiger partial charge in [0.15, 0.2) is 0 Å². The Morgan fingerprint density at radius 1 is 0.733 bits per heavy atom. The van der Waals surface area contributed by atoms with Crippen molar-refractivity contribution in [1.82, 2.24) is 14.7 Å². The van der Waals surface area contributed by atoms with E-state index in [4.69, 9.17) is 5.10 Å². The van der Waals surface area contributed by atoms with Crippen LogP contribution in [-0.2, 0) is 0 Å². The van der Waals surface area contributed by atoms with E-state index in [9.17, 15) is 0 Å². The van der Waals surface area contributed by atoms with E-state index in [0.717, 1.165) is 50.9 Å². The lowest BCUT2D eigenvalue weighted by atomic mass is 9.74. The molecule has 5 nitrogen and oxygen atoms in total. The van der Waals surface area contributed by atoms with Crippen LogP contribution in [0.5, 0.6) is 0 Å². The first-order chi connectivity index (χ1) is 14.8. The standard InChI is InChI=1S/C25H25N5/c1-2-8-21(9-3-1)24(25-14-28-17-29(15-25)19-30(16-25)18-28)27-26-13-22-11-6-10-20-7-4-5-12-23(20)22/h1-13H,14-19H2/b26-13+,27-24-. The van der Waals surface area contributed by atoms with Crippen molar-refractivity contribution in [3.8, 4) is 0 Å². The lowest BCUT2D eigenvalue weighted by Crippen LogP contribution is -2.74. The first kappa shape index (κ1) is 18.0. The second-order valence-electron chi connectivity index (χ2n) is 8.82. The Morgan fingerprint density at radius 3 is 2.10 bits per heavy atom. The highest BCUT2D eigenvalue weighted by Crippen LogP contribution is 2.38. The van der Waals surface area contributed by atoms with E-state index in [2.05, 4.69) is 92.6 Å². The van der Waals surface area contributed by atoms with E-state index in [0.29, 0.717) is 0 Å². The summed E-state index contributed by atoms with van der Waals surface area (Å²) in [6, 6.07) is 25.4. The molecule has 4 bridgehead atoms. The maximum absolute atomic E-state index is 4.89. The summed E-state index contributed by atoms with van der Waals surface area (Å²) in [6.07, 6.45) is 1.91. The van der Waals surface area contributed by atoms with Gasteiger partial charge in [-0.05, 0) is 16.3 Å². The molecule has 0 atom stereocenters. The Hall–Kier alpha value is -2.86. The van der Waals surface area contributed by atoms with E-state index >= 15 is 0 Å². The molecule has 0 aromatic heterocycles. The average molecular weight is 396 g/mol. The summed E-state index contributed by atoms with van der Waals surface area (Å²) in [4.78, 5) is 7.59. The molecule has 5 heteroatoms. The van der Waals surface area contributed by atoms with Gasteiger partial charge in [-0.3, -0.25) is 14.7 Å². The molecule has 150 valence electrons. The van der Waals surface area contributed by atoms with Gasteiger partial charge < -0.3 is 0 Å². The fourth-order valence-corrected chi connectivity index (χ4v) is 5.52. The minimum atomic E-state index is 0.00615. The van der Waals surface area contributed by atoms with Crippen molar-refractivity contribution in [2.45, 2.75) is 0 Å². The number of hydrogen-bond donors (Lipinski definition) is 0. The molecule has 0 N–H and O–H groups in total. The Bertz CT molecular complexity index is 1090. The van der Waals surface area contributed by atoms with Crippen LogP contribution >= 0.6 is 0 Å². The zero-order valence-corrected chi connectivity index (χ0v) is 17.0. The first-order valence-corrected chi connectivity index (χ1v) is 10.6. The number of benzene rings is 3. The Labute approximate surface area is 176 Å². The van der Waals surface area contributed by atoms with Gasteiger partial charge in [0.2, 0.25) is 0 Å². The minimum Gasteiger partial charge on any atom is -0.276 e. The van der Waals surface area contributed by atoms with Crippen LogP contribution in [0.2, 0.25) is 0 Å². The van der Waals surface area contributed by atoms with Crippen molar-refractivity contribution >= 4 is 22.7 Å². The molecular weight excluding hydrogens is 370 g/mol. The smallest absolute Gasteiger partial charge is 0.0802 e. The lowest BCUT2D eigenvalue weighted by Gasteiger charge is -2.60. The van der Waals surface area contributed by atoms with Crippen LogP contribution < -0.4 is 0 Å². The SMILES string of the molecule is C(=N\N=C(\c1ccccc1)C12CN3CN(CN(C3)C1)C2)/c1cccc2ccccc12. The van der Waals surface area contributed by atoms with Crippen molar-refractivity contribution in [1.29, 1.82) is 0 Å². The fourth-order valence-electron chi connectivity index (χ4n) is 5.52. The van der Waals surface area contributed by atoms with E-state index in [-0.39, 0.29) is 5.41 Å². The van der Waals surface area contributed by atoms with Gasteiger partial charge in [-0.15, -0.1) is 0 Å². The monoisotopic (exact) mass is 395 g/mol. The molecule has 3 aromatic rings. The van der Waals surface area contributed by atoms with Crippen LogP contribution in [0.1, 0.15) is 11.1 Å². The maximum atomic E-state index is 4.89. The minimum absolute atomic E-state index is 0.00615. The Morgan fingerprint density at radius 2 is 1.37 bits per heavy atom. The molecule has 0 spiro atoms. The first-order valence-electron chi connectivity index (χ1n) is 10.6. The van der Waals surface area contributed by atoms with Gasteiger partial charge in [-0.25, -0.2) is 0 Å². The van der Waals surface area contributed by atoms with Crippen LogP contribution in [0.15, 0.2) is 83.0 Å². The topological polar surface area (TPSA) is 34.4 Å². The summed E-state index contributed by atoms with van der Waals surface area (Å²) in [7, 11) is 0. The van der Waals surface area contributed by atoms with Crippen molar-refractivity contribution in [2.75, 3.05) is 39.6 Å². The highest BCUT2D eigenvalue weighted by atomic mass is 15.5. The van der Waals surface area contributed by atoms with Crippen LogP contribution in [0.3, 0.4) is 0 Å². The molecule has 7 rings (SSSR count). The van der Waals surface area contributed by atoms with E-state index < -0.39 is 0 Å². The van der Waals surface area contributed by atoms with Crippen LogP contribution in [0.4, 0.5) is 0 Å². The summed E-state index contributed by atoms with van der Waals surface area (Å²) in [5, 5.41) is 12.0. The fraction of sp³-hybridized carbons (Fsp3) is 0.280. The third-order valence-electron chi connectivity index (χ3n) is 6.51. The number of fused-ring (bicyclic) bond motifs is 1. The van der Waals surface area contributed by atoms with Gasteiger partial charge >= 0.3 is 0 Å². The molecule has 4 aliphatic heterocycles. The number of nitrogens with zero attached hydrogens (tertiary/aromatic N) is 5. The zero-order valence-electron chi connectivity index (χ0n) is 17.0. The summed E-state index contributed by atoms with van der Waals surface area (Å²) in [5.74, 6) is 0. The third-order valence-corrected chi connectivity index (χ3v) is 6.51. The van der Waals surface area contributed by atoms with Gasteiger partial charge in [-0.2, -0.15) is 10.2 Å². The molecule has 4 aliphatic rings. The molecule has 30 heavy (non-hydrogen) atoms. The van der Waals surface area contributed by atoms with Crippen molar-refractivity contribution in [3.05, 3.63) is 83.9 Å². The third kappa shape index (κ3) is 3.06. The highest BCUT2D eigenvalue weighted by molar-refractivity contribution is 6.06.